The van der Waals surface area contributed by atoms with Crippen LogP contribution in [0.25, 0.3) is 0 Å². The van der Waals surface area contributed by atoms with Gasteiger partial charge in [0.15, 0.2) is 0 Å². The van der Waals surface area contributed by atoms with Crippen LogP contribution >= 0.6 is 0 Å². The highest BCUT2D eigenvalue weighted by Crippen LogP contribution is 2.40. The first-order valence-corrected chi connectivity index (χ1v) is 10.4. The summed E-state index contributed by atoms with van der Waals surface area (Å²) >= 11 is 0. The molecule has 3 rings (SSSR count). The molecule has 1 heterocycles. The van der Waals surface area contributed by atoms with Gasteiger partial charge in [0, 0.05) is 0 Å². The number of hydrogen-bond acceptors (Lipinski definition) is 3. The van der Waals surface area contributed by atoms with Gasteiger partial charge < -0.3 is 14.4 Å². The van der Waals surface area contributed by atoms with Crippen LogP contribution in [-0.4, -0.2) is 29.4 Å². The summed E-state index contributed by atoms with van der Waals surface area (Å²) in [5, 5.41) is 9.04. The normalized spacial score (nSPS) is 18.6. The molecule has 4 nitrogen and oxygen atoms in total. The van der Waals surface area contributed by atoms with Crippen molar-refractivity contribution < 1.29 is 19.2 Å². The third-order valence-electron chi connectivity index (χ3n) is 6.27. The van der Waals surface area contributed by atoms with Crippen LogP contribution in [0, 0.1) is 0 Å². The Morgan fingerprint density at radius 1 is 0.966 bits per heavy atom. The lowest BCUT2D eigenvalue weighted by molar-refractivity contribution is 0.00578. The maximum absolute atomic E-state index is 11.0. The highest BCUT2D eigenvalue weighted by molar-refractivity contribution is 6.45. The zero-order chi connectivity index (χ0) is 21.1. The molecule has 2 aromatic carbocycles. The third kappa shape index (κ3) is 5.28. The topological polar surface area (TPSA) is 55.8 Å². The minimum absolute atomic E-state index is 0.208. The Morgan fingerprint density at radius 3 is 2.10 bits per heavy atom. The van der Waals surface area contributed by atoms with E-state index < -0.39 is 5.97 Å². The fraction of sp³-hybridized carbons (Fsp3) is 0.458. The maximum Gasteiger partial charge on any atom is 0.458 e. The molecule has 0 radical (unpaired) electrons. The summed E-state index contributed by atoms with van der Waals surface area (Å²) in [7, 11) is -0.208. The van der Waals surface area contributed by atoms with Crippen LogP contribution in [0.2, 0.25) is 6.32 Å². The Bertz CT molecular complexity index is 799. The standard InChI is InChI=1S/C24H31BO4/c1-23(2)24(3,4)29-25(28-23)17-21(19-10-6-5-7-11-19)12-8-9-18-13-15-20(16-14-18)22(26)27/h5-7,10-11,13-16,21H,8-9,12,17H2,1-4H3,(H,26,27). The molecular formula is C24H31BO4. The third-order valence-corrected chi connectivity index (χ3v) is 6.27. The van der Waals surface area contributed by atoms with Gasteiger partial charge in [0.25, 0.3) is 0 Å². The molecule has 0 saturated carbocycles. The lowest BCUT2D eigenvalue weighted by Gasteiger charge is -2.32. The van der Waals surface area contributed by atoms with E-state index in [2.05, 4.69) is 52.0 Å². The predicted molar refractivity (Wildman–Crippen MR) is 116 cm³/mol. The average Bonchev–Trinajstić information content (AvgIpc) is 2.88. The van der Waals surface area contributed by atoms with Crippen molar-refractivity contribution in [2.75, 3.05) is 0 Å². The van der Waals surface area contributed by atoms with E-state index in [0.29, 0.717) is 11.5 Å². The molecule has 1 unspecified atom stereocenters. The van der Waals surface area contributed by atoms with Gasteiger partial charge in [-0.05, 0) is 82.5 Å². The molecule has 1 aliphatic heterocycles. The van der Waals surface area contributed by atoms with E-state index in [1.54, 1.807) is 12.1 Å². The van der Waals surface area contributed by atoms with Gasteiger partial charge in [0.05, 0.1) is 16.8 Å². The van der Waals surface area contributed by atoms with Crippen LogP contribution in [0.4, 0.5) is 0 Å². The average molecular weight is 394 g/mol. The molecule has 0 bridgehead atoms. The van der Waals surface area contributed by atoms with Crippen molar-refractivity contribution in [3.8, 4) is 0 Å². The zero-order valence-corrected chi connectivity index (χ0v) is 17.9. The van der Waals surface area contributed by atoms with Gasteiger partial charge in [0.2, 0.25) is 0 Å². The second-order valence-corrected chi connectivity index (χ2v) is 8.92. The largest absolute Gasteiger partial charge is 0.478 e. The first-order valence-electron chi connectivity index (χ1n) is 10.4. The van der Waals surface area contributed by atoms with Gasteiger partial charge in [-0.2, -0.15) is 0 Å². The van der Waals surface area contributed by atoms with Crippen molar-refractivity contribution in [3.05, 3.63) is 71.3 Å². The molecule has 1 fully saturated rings. The molecule has 154 valence electrons. The molecule has 0 amide bonds. The van der Waals surface area contributed by atoms with Gasteiger partial charge >= 0.3 is 13.1 Å². The maximum atomic E-state index is 11.0. The van der Waals surface area contributed by atoms with Crippen LogP contribution < -0.4 is 0 Å². The highest BCUT2D eigenvalue weighted by Gasteiger charge is 2.51. The van der Waals surface area contributed by atoms with Crippen LogP contribution in [-0.2, 0) is 15.7 Å². The van der Waals surface area contributed by atoms with E-state index in [4.69, 9.17) is 14.4 Å². The van der Waals surface area contributed by atoms with Crippen molar-refractivity contribution in [2.24, 2.45) is 0 Å². The molecule has 29 heavy (non-hydrogen) atoms. The molecule has 0 aromatic heterocycles. The van der Waals surface area contributed by atoms with Crippen molar-refractivity contribution in [1.82, 2.24) is 0 Å². The second kappa shape index (κ2) is 8.72. The first kappa shape index (κ1) is 21.6. The molecule has 1 N–H and O–H groups in total. The number of carbonyl (C=O) groups is 1. The number of carboxylic acids is 1. The number of aromatic carboxylic acids is 1. The van der Waals surface area contributed by atoms with E-state index in [1.165, 1.54) is 5.56 Å². The molecule has 1 atom stereocenters. The van der Waals surface area contributed by atoms with Crippen LogP contribution in [0.5, 0.6) is 0 Å². The fourth-order valence-electron chi connectivity index (χ4n) is 3.81. The summed E-state index contributed by atoms with van der Waals surface area (Å²) in [6, 6.07) is 17.7. The molecular weight excluding hydrogens is 363 g/mol. The monoisotopic (exact) mass is 394 g/mol. The fourth-order valence-corrected chi connectivity index (χ4v) is 3.81. The zero-order valence-electron chi connectivity index (χ0n) is 17.9. The highest BCUT2D eigenvalue weighted by atomic mass is 16.7. The van der Waals surface area contributed by atoms with E-state index in [-0.39, 0.29) is 18.3 Å². The van der Waals surface area contributed by atoms with E-state index >= 15 is 0 Å². The van der Waals surface area contributed by atoms with Crippen molar-refractivity contribution in [1.29, 1.82) is 0 Å². The molecule has 2 aromatic rings. The number of carboxylic acid groups (broad SMARTS) is 1. The SMILES string of the molecule is CC1(C)OB(CC(CCCc2ccc(C(=O)O)cc2)c2ccccc2)OC1(C)C. The summed E-state index contributed by atoms with van der Waals surface area (Å²) in [4.78, 5) is 11.0. The quantitative estimate of drug-likeness (QED) is 0.594. The number of aryl methyl sites for hydroxylation is 1. The van der Waals surface area contributed by atoms with Crippen molar-refractivity contribution in [3.63, 3.8) is 0 Å². The van der Waals surface area contributed by atoms with Crippen LogP contribution in [0.15, 0.2) is 54.6 Å². The molecule has 1 aliphatic rings. The summed E-state index contributed by atoms with van der Waals surface area (Å²) in [5.41, 5.74) is 2.17. The van der Waals surface area contributed by atoms with Crippen molar-refractivity contribution >= 4 is 13.1 Å². The first-order chi connectivity index (χ1) is 13.7. The van der Waals surface area contributed by atoms with E-state index in [1.807, 2.05) is 18.2 Å². The molecule has 0 aliphatic carbocycles. The van der Waals surface area contributed by atoms with Gasteiger partial charge in [-0.15, -0.1) is 0 Å². The van der Waals surface area contributed by atoms with Gasteiger partial charge in [-0.1, -0.05) is 42.5 Å². The summed E-state index contributed by atoms with van der Waals surface area (Å²) < 4.78 is 12.5. The Labute approximate surface area is 174 Å². The second-order valence-electron chi connectivity index (χ2n) is 8.92. The van der Waals surface area contributed by atoms with E-state index in [9.17, 15) is 4.79 Å². The smallest absolute Gasteiger partial charge is 0.458 e. The Hall–Kier alpha value is -2.11. The van der Waals surface area contributed by atoms with Crippen LogP contribution in [0.3, 0.4) is 0 Å². The lowest BCUT2D eigenvalue weighted by Crippen LogP contribution is -2.41. The summed E-state index contributed by atoms with van der Waals surface area (Å²) in [6.45, 7) is 8.35. The summed E-state index contributed by atoms with van der Waals surface area (Å²) in [5.74, 6) is -0.535. The summed E-state index contributed by atoms with van der Waals surface area (Å²) in [6.07, 6.45) is 3.79. The number of benzene rings is 2. The minimum Gasteiger partial charge on any atom is -0.478 e. The lowest BCUT2D eigenvalue weighted by atomic mass is 9.73. The Kier molecular flexibility index (Phi) is 6.50. The van der Waals surface area contributed by atoms with Gasteiger partial charge in [-0.3, -0.25) is 0 Å². The van der Waals surface area contributed by atoms with Crippen LogP contribution in [0.1, 0.15) is 67.9 Å². The minimum atomic E-state index is -0.886. The molecule has 5 heteroatoms. The Balaban J connectivity index is 1.63. The Morgan fingerprint density at radius 2 is 1.55 bits per heavy atom. The van der Waals surface area contributed by atoms with Crippen molar-refractivity contribution in [2.45, 2.75) is 70.4 Å². The van der Waals surface area contributed by atoms with Gasteiger partial charge in [0.1, 0.15) is 0 Å². The van der Waals surface area contributed by atoms with Gasteiger partial charge in [-0.25, -0.2) is 4.79 Å². The van der Waals surface area contributed by atoms with E-state index in [0.717, 1.165) is 31.1 Å². The number of hydrogen-bond donors (Lipinski definition) is 1. The molecule has 1 saturated heterocycles. The predicted octanol–water partition coefficient (Wildman–Crippen LogP) is 5.58. The molecule has 0 spiro atoms. The number of rotatable bonds is 8.